The Morgan fingerprint density at radius 2 is 2.11 bits per heavy atom. The Bertz CT molecular complexity index is 1300. The number of benzene rings is 2. The first-order chi connectivity index (χ1) is 17.4. The van der Waals surface area contributed by atoms with E-state index in [0.717, 1.165) is 16.6 Å². The van der Waals surface area contributed by atoms with Crippen molar-refractivity contribution >= 4 is 28.7 Å². The number of nitrogens with one attached hydrogen (secondary N) is 3. The largest absolute Gasteiger partial charge is 0.497 e. The fourth-order valence-electron chi connectivity index (χ4n) is 4.60. The van der Waals surface area contributed by atoms with Crippen LogP contribution in [0.2, 0.25) is 0 Å². The number of rotatable bonds is 10. The van der Waals surface area contributed by atoms with E-state index < -0.39 is 12.7 Å². The molecule has 0 aliphatic carbocycles. The lowest BCUT2D eigenvalue weighted by Crippen LogP contribution is -2.33. The molecular weight excluding hydrogens is 463 g/mol. The molecular formula is C26H31FN6O3. The van der Waals surface area contributed by atoms with Crippen molar-refractivity contribution in [3.63, 3.8) is 0 Å². The summed E-state index contributed by atoms with van der Waals surface area (Å²) >= 11 is 0. The van der Waals surface area contributed by atoms with Crippen LogP contribution in [-0.4, -0.2) is 59.0 Å². The second kappa shape index (κ2) is 10.8. The minimum Gasteiger partial charge on any atom is -0.497 e. The van der Waals surface area contributed by atoms with E-state index in [1.54, 1.807) is 24.1 Å². The molecule has 36 heavy (non-hydrogen) atoms. The first kappa shape index (κ1) is 25.2. The minimum absolute atomic E-state index is 0.140. The predicted molar refractivity (Wildman–Crippen MR) is 135 cm³/mol. The van der Waals surface area contributed by atoms with Gasteiger partial charge in [-0.2, -0.15) is 0 Å². The number of imidazole rings is 1. The second-order valence-electron chi connectivity index (χ2n) is 8.75. The van der Waals surface area contributed by atoms with Gasteiger partial charge >= 0.3 is 0 Å². The van der Waals surface area contributed by atoms with Crippen LogP contribution in [0.15, 0.2) is 36.4 Å². The topological polar surface area (TPSA) is 112 Å². The number of carbonyl (C=O) groups is 2. The van der Waals surface area contributed by atoms with E-state index in [4.69, 9.17) is 15.1 Å². The highest BCUT2D eigenvalue weighted by molar-refractivity contribution is 6.09. The Morgan fingerprint density at radius 3 is 2.83 bits per heavy atom. The quantitative estimate of drug-likeness (QED) is 0.227. The van der Waals surface area contributed by atoms with Crippen LogP contribution in [0.5, 0.6) is 5.75 Å². The van der Waals surface area contributed by atoms with Gasteiger partial charge in [0, 0.05) is 32.7 Å². The van der Waals surface area contributed by atoms with E-state index in [1.165, 1.54) is 0 Å². The summed E-state index contributed by atoms with van der Waals surface area (Å²) in [6.45, 7) is 2.51. The summed E-state index contributed by atoms with van der Waals surface area (Å²) in [7, 11) is 3.48. The number of halogens is 1. The van der Waals surface area contributed by atoms with Crippen LogP contribution >= 0.6 is 0 Å². The summed E-state index contributed by atoms with van der Waals surface area (Å²) in [4.78, 5) is 32.9. The van der Waals surface area contributed by atoms with E-state index in [-0.39, 0.29) is 17.6 Å². The molecule has 0 saturated carbocycles. The molecule has 1 aliphatic heterocycles. The van der Waals surface area contributed by atoms with Crippen LogP contribution in [-0.2, 0) is 13.6 Å². The highest BCUT2D eigenvalue weighted by atomic mass is 19.1. The predicted octanol–water partition coefficient (Wildman–Crippen LogP) is 3.35. The second-order valence-corrected chi connectivity index (χ2v) is 8.75. The zero-order chi connectivity index (χ0) is 25.8. The van der Waals surface area contributed by atoms with E-state index >= 15 is 0 Å². The number of alkyl halides is 1. The zero-order valence-corrected chi connectivity index (χ0v) is 20.7. The van der Waals surface area contributed by atoms with Crippen molar-refractivity contribution in [2.45, 2.75) is 32.4 Å². The molecule has 3 aromatic rings. The van der Waals surface area contributed by atoms with Gasteiger partial charge in [-0.3, -0.25) is 15.0 Å². The number of ether oxygens (including phenoxy) is 1. The number of methoxy groups -OCH3 is 1. The molecule has 1 aliphatic rings. The van der Waals surface area contributed by atoms with Crippen LogP contribution in [0.1, 0.15) is 57.9 Å². The van der Waals surface area contributed by atoms with E-state index in [9.17, 15) is 14.0 Å². The van der Waals surface area contributed by atoms with Crippen molar-refractivity contribution < 1.29 is 18.7 Å². The average molecular weight is 495 g/mol. The third-order valence-corrected chi connectivity index (χ3v) is 6.52. The monoisotopic (exact) mass is 494 g/mol. The Balaban J connectivity index is 1.63. The van der Waals surface area contributed by atoms with Crippen LogP contribution in [0.4, 0.5) is 4.39 Å². The number of aryl methyl sites for hydroxylation is 1. The summed E-state index contributed by atoms with van der Waals surface area (Å²) in [5, 5.41) is 13.3. The molecule has 0 fully saturated rings. The van der Waals surface area contributed by atoms with E-state index in [0.29, 0.717) is 55.2 Å². The molecule has 2 amide bonds. The Hall–Kier alpha value is -3.95. The lowest BCUT2D eigenvalue weighted by atomic mass is 10.0. The van der Waals surface area contributed by atoms with Crippen molar-refractivity contribution in [3.05, 3.63) is 58.9 Å². The van der Waals surface area contributed by atoms with Crippen molar-refractivity contribution in [2.24, 2.45) is 7.05 Å². The summed E-state index contributed by atoms with van der Waals surface area (Å²) in [5.74, 6) is 0.668. The number of amides is 2. The molecule has 0 radical (unpaired) electrons. The van der Waals surface area contributed by atoms with Gasteiger partial charge in [0.05, 0.1) is 35.3 Å². The number of hydrogen-bond acceptors (Lipinski definition) is 5. The van der Waals surface area contributed by atoms with Gasteiger partial charge < -0.3 is 24.8 Å². The van der Waals surface area contributed by atoms with E-state index in [2.05, 4.69) is 10.6 Å². The van der Waals surface area contributed by atoms with E-state index in [1.807, 2.05) is 42.8 Å². The molecule has 190 valence electrons. The SMILES string of the molecule is CCN1Cc2cccc(C(=O)NC(CCCNC(=N)CF)c3nc4cc(OC)ccc4n3C)c2C1=O. The first-order valence-electron chi connectivity index (χ1n) is 12.0. The van der Waals surface area contributed by atoms with Crippen molar-refractivity contribution in [1.29, 1.82) is 5.41 Å². The van der Waals surface area contributed by atoms with Gasteiger partial charge in [0.25, 0.3) is 11.8 Å². The maximum Gasteiger partial charge on any atom is 0.255 e. The number of hydrogen-bond donors (Lipinski definition) is 3. The third-order valence-electron chi connectivity index (χ3n) is 6.52. The summed E-state index contributed by atoms with van der Waals surface area (Å²) in [6.07, 6.45) is 1.06. The molecule has 2 heterocycles. The van der Waals surface area contributed by atoms with Crippen LogP contribution in [0.3, 0.4) is 0 Å². The molecule has 4 rings (SSSR count). The number of carbonyl (C=O) groups excluding carboxylic acids is 2. The van der Waals surface area contributed by atoms with Gasteiger partial charge in [0.1, 0.15) is 24.1 Å². The Labute approximate surface area is 209 Å². The number of fused-ring (bicyclic) bond motifs is 2. The molecule has 1 aromatic heterocycles. The highest BCUT2D eigenvalue weighted by Gasteiger charge is 2.32. The van der Waals surface area contributed by atoms with Gasteiger partial charge in [-0.15, -0.1) is 0 Å². The normalized spacial score (nSPS) is 13.6. The highest BCUT2D eigenvalue weighted by Crippen LogP contribution is 2.28. The fraction of sp³-hybridized carbons (Fsp3) is 0.385. The summed E-state index contributed by atoms with van der Waals surface area (Å²) < 4.78 is 19.9. The first-order valence-corrected chi connectivity index (χ1v) is 12.0. The number of nitrogens with zero attached hydrogens (tertiary/aromatic N) is 3. The van der Waals surface area contributed by atoms with Crippen LogP contribution < -0.4 is 15.4 Å². The van der Waals surface area contributed by atoms with Crippen molar-refractivity contribution in [3.8, 4) is 5.75 Å². The molecule has 10 heteroatoms. The molecule has 0 saturated heterocycles. The van der Waals surface area contributed by atoms with Gasteiger partial charge in [0.2, 0.25) is 0 Å². The molecule has 0 bridgehead atoms. The van der Waals surface area contributed by atoms with Gasteiger partial charge in [-0.25, -0.2) is 9.37 Å². The lowest BCUT2D eigenvalue weighted by Gasteiger charge is -2.20. The lowest BCUT2D eigenvalue weighted by molar-refractivity contribution is 0.0780. The number of aromatic nitrogens is 2. The van der Waals surface area contributed by atoms with Gasteiger partial charge in [-0.1, -0.05) is 12.1 Å². The molecule has 2 aromatic carbocycles. The summed E-state index contributed by atoms with van der Waals surface area (Å²) in [6, 6.07) is 10.5. The van der Waals surface area contributed by atoms with Gasteiger partial charge in [0.15, 0.2) is 0 Å². The van der Waals surface area contributed by atoms with Crippen molar-refractivity contribution in [2.75, 3.05) is 26.9 Å². The molecule has 1 unspecified atom stereocenters. The molecule has 9 nitrogen and oxygen atoms in total. The minimum atomic E-state index is -0.853. The fourth-order valence-corrected chi connectivity index (χ4v) is 4.60. The smallest absolute Gasteiger partial charge is 0.255 e. The maximum atomic E-state index is 13.5. The molecule has 0 spiro atoms. The average Bonchev–Trinajstić information content (AvgIpc) is 3.41. The molecule has 1 atom stereocenters. The Morgan fingerprint density at radius 1 is 1.31 bits per heavy atom. The van der Waals surface area contributed by atoms with Crippen LogP contribution in [0, 0.1) is 5.41 Å². The Kier molecular flexibility index (Phi) is 7.52. The van der Waals surface area contributed by atoms with Crippen molar-refractivity contribution in [1.82, 2.24) is 25.1 Å². The summed E-state index contributed by atoms with van der Waals surface area (Å²) in [5.41, 5.74) is 3.25. The maximum absolute atomic E-state index is 13.5. The molecule has 3 N–H and O–H groups in total. The zero-order valence-electron chi connectivity index (χ0n) is 20.7. The number of amidine groups is 1. The van der Waals surface area contributed by atoms with Crippen LogP contribution in [0.25, 0.3) is 11.0 Å². The standard InChI is InChI=1S/C26H31FN6O3/c1-4-33-15-16-7-5-8-18(23(16)26(33)35)25(34)31-19(9-6-12-29-22(28)14-27)24-30-20-13-17(36-3)10-11-21(20)32(24)2/h5,7-8,10-11,13,19H,4,6,9,12,14-15H2,1-3H3,(H2,28,29)(H,31,34). The third kappa shape index (κ3) is 4.89. The van der Waals surface area contributed by atoms with Gasteiger partial charge in [-0.05, 0) is 43.5 Å².